The number of nitrogens with zero attached hydrogens (tertiary/aromatic N) is 2. The Kier molecular flexibility index (Phi) is 3.27. The molecule has 2 unspecified atom stereocenters. The van der Waals surface area contributed by atoms with Gasteiger partial charge in [-0.15, -0.1) is 0 Å². The number of nitrogens with one attached hydrogen (secondary N) is 1. The van der Waals surface area contributed by atoms with E-state index in [0.29, 0.717) is 18.7 Å². The molecule has 0 aromatic carbocycles. The number of rotatable bonds is 3. The molecular weight excluding hydrogens is 236 g/mol. The maximum atomic E-state index is 11.9. The minimum Gasteiger partial charge on any atom is -0.396 e. The van der Waals surface area contributed by atoms with E-state index in [1.807, 2.05) is 0 Å². The Morgan fingerprint density at radius 1 is 1.83 bits per heavy atom. The first-order valence-corrected chi connectivity index (χ1v) is 5.84. The van der Waals surface area contributed by atoms with Gasteiger partial charge in [0.05, 0.1) is 11.8 Å². The van der Waals surface area contributed by atoms with Gasteiger partial charge in [-0.3, -0.25) is 9.48 Å². The first-order valence-electron chi connectivity index (χ1n) is 5.84. The highest BCUT2D eigenvalue weighted by Gasteiger charge is 2.39. The number of carbonyl (C=O) groups excluding carboxylic acids is 1. The van der Waals surface area contributed by atoms with E-state index in [1.165, 1.54) is 4.68 Å². The average molecular weight is 254 g/mol. The Bertz CT molecular complexity index is 459. The lowest BCUT2D eigenvalue weighted by molar-refractivity contribution is -0.0252. The van der Waals surface area contributed by atoms with Crippen molar-refractivity contribution in [1.82, 2.24) is 15.1 Å². The molecule has 7 nitrogen and oxygen atoms in total. The lowest BCUT2D eigenvalue weighted by atomic mass is 9.97. The fourth-order valence-corrected chi connectivity index (χ4v) is 2.00. The molecule has 1 aliphatic rings. The molecule has 0 aliphatic carbocycles. The summed E-state index contributed by atoms with van der Waals surface area (Å²) >= 11 is 0. The number of nitrogen functional groups attached to an aromatic ring is 1. The Hall–Kier alpha value is -1.60. The van der Waals surface area contributed by atoms with Crippen LogP contribution in [-0.2, 0) is 11.8 Å². The van der Waals surface area contributed by atoms with Crippen LogP contribution in [0.1, 0.15) is 23.8 Å². The van der Waals surface area contributed by atoms with Crippen LogP contribution < -0.4 is 11.1 Å². The molecule has 1 aromatic rings. The second-order valence-electron chi connectivity index (χ2n) is 4.66. The number of ether oxygens (including phenoxy) is 1. The number of aliphatic hydroxyl groups is 1. The van der Waals surface area contributed by atoms with Gasteiger partial charge in [-0.05, 0) is 6.92 Å². The fraction of sp³-hybridized carbons (Fsp3) is 0.636. The van der Waals surface area contributed by atoms with E-state index in [9.17, 15) is 9.90 Å². The summed E-state index contributed by atoms with van der Waals surface area (Å²) in [7, 11) is 1.69. The SMILES string of the molecule is CC1OCCC1(O)CNC(=O)c1nn(C)cc1N. The van der Waals surface area contributed by atoms with E-state index >= 15 is 0 Å². The molecule has 1 amide bonds. The van der Waals surface area contributed by atoms with Crippen molar-refractivity contribution < 1.29 is 14.6 Å². The second-order valence-corrected chi connectivity index (χ2v) is 4.66. The zero-order valence-electron chi connectivity index (χ0n) is 10.5. The largest absolute Gasteiger partial charge is 0.396 e. The molecule has 0 bridgehead atoms. The Labute approximate surface area is 105 Å². The number of hydrogen-bond acceptors (Lipinski definition) is 5. The predicted molar refractivity (Wildman–Crippen MR) is 64.9 cm³/mol. The van der Waals surface area contributed by atoms with E-state index in [1.54, 1.807) is 20.2 Å². The average Bonchev–Trinajstić information content (AvgIpc) is 2.80. The molecule has 1 aliphatic heterocycles. The van der Waals surface area contributed by atoms with Crippen molar-refractivity contribution in [1.29, 1.82) is 0 Å². The predicted octanol–water partition coefficient (Wildman–Crippen LogP) is -0.728. The van der Waals surface area contributed by atoms with Crippen LogP contribution in [0.3, 0.4) is 0 Å². The molecule has 0 saturated carbocycles. The summed E-state index contributed by atoms with van der Waals surface area (Å²) in [6, 6.07) is 0. The molecule has 18 heavy (non-hydrogen) atoms. The Morgan fingerprint density at radius 3 is 3.06 bits per heavy atom. The molecule has 1 saturated heterocycles. The van der Waals surface area contributed by atoms with Crippen molar-refractivity contribution in [2.75, 3.05) is 18.9 Å². The Balaban J connectivity index is 1.98. The molecule has 4 N–H and O–H groups in total. The molecule has 2 heterocycles. The van der Waals surface area contributed by atoms with Crippen molar-refractivity contribution in [3.05, 3.63) is 11.9 Å². The minimum atomic E-state index is -1.01. The van der Waals surface area contributed by atoms with E-state index in [-0.39, 0.29) is 24.2 Å². The molecule has 0 spiro atoms. The summed E-state index contributed by atoms with van der Waals surface area (Å²) in [6.45, 7) is 2.41. The van der Waals surface area contributed by atoms with Crippen LogP contribution in [-0.4, -0.2) is 45.7 Å². The fourth-order valence-electron chi connectivity index (χ4n) is 2.00. The molecule has 2 atom stereocenters. The summed E-state index contributed by atoms with van der Waals surface area (Å²) in [4.78, 5) is 11.9. The first kappa shape index (κ1) is 12.8. The second kappa shape index (κ2) is 4.58. The molecule has 0 radical (unpaired) electrons. The van der Waals surface area contributed by atoms with Gasteiger partial charge in [0, 0.05) is 32.8 Å². The van der Waals surface area contributed by atoms with Gasteiger partial charge in [0.2, 0.25) is 0 Å². The van der Waals surface area contributed by atoms with Gasteiger partial charge in [-0.2, -0.15) is 5.10 Å². The zero-order chi connectivity index (χ0) is 13.3. The number of nitrogens with two attached hydrogens (primary N) is 1. The lowest BCUT2D eigenvalue weighted by Crippen LogP contribution is -2.47. The Morgan fingerprint density at radius 2 is 2.56 bits per heavy atom. The number of amides is 1. The number of aryl methyl sites for hydroxylation is 1. The van der Waals surface area contributed by atoms with Gasteiger partial charge < -0.3 is 20.9 Å². The number of aromatic nitrogens is 2. The van der Waals surface area contributed by atoms with Crippen molar-refractivity contribution in [3.63, 3.8) is 0 Å². The third-order valence-electron chi connectivity index (χ3n) is 3.29. The van der Waals surface area contributed by atoms with Gasteiger partial charge in [0.25, 0.3) is 5.91 Å². The number of hydrogen-bond donors (Lipinski definition) is 3. The molecular formula is C11H18N4O3. The highest BCUT2D eigenvalue weighted by atomic mass is 16.5. The van der Waals surface area contributed by atoms with Crippen LogP contribution in [0.4, 0.5) is 5.69 Å². The third-order valence-corrected chi connectivity index (χ3v) is 3.29. The smallest absolute Gasteiger partial charge is 0.274 e. The van der Waals surface area contributed by atoms with Crippen molar-refractivity contribution in [2.24, 2.45) is 7.05 Å². The van der Waals surface area contributed by atoms with E-state index in [0.717, 1.165) is 0 Å². The van der Waals surface area contributed by atoms with Crippen LogP contribution in [0.15, 0.2) is 6.20 Å². The maximum absolute atomic E-state index is 11.9. The van der Waals surface area contributed by atoms with Crippen molar-refractivity contribution >= 4 is 11.6 Å². The summed E-state index contributed by atoms with van der Waals surface area (Å²) in [5, 5.41) is 16.8. The highest BCUT2D eigenvalue weighted by molar-refractivity contribution is 5.97. The van der Waals surface area contributed by atoms with Crippen LogP contribution in [0.2, 0.25) is 0 Å². The normalized spacial score (nSPS) is 27.4. The summed E-state index contributed by atoms with van der Waals surface area (Å²) in [5.74, 6) is -0.388. The quantitative estimate of drug-likeness (QED) is 0.660. The molecule has 100 valence electrons. The van der Waals surface area contributed by atoms with Gasteiger partial charge in [-0.25, -0.2) is 0 Å². The van der Waals surface area contributed by atoms with Crippen LogP contribution >= 0.6 is 0 Å². The number of anilines is 1. The standard InChI is InChI=1S/C11H18N4O3/c1-7-11(17,3-4-18-7)6-13-10(16)9-8(12)5-15(2)14-9/h5,7,17H,3-4,6,12H2,1-2H3,(H,13,16). The zero-order valence-corrected chi connectivity index (χ0v) is 10.5. The van der Waals surface area contributed by atoms with Crippen molar-refractivity contribution in [2.45, 2.75) is 25.0 Å². The van der Waals surface area contributed by atoms with Crippen LogP contribution in [0.5, 0.6) is 0 Å². The van der Waals surface area contributed by atoms with Crippen molar-refractivity contribution in [3.8, 4) is 0 Å². The highest BCUT2D eigenvalue weighted by Crippen LogP contribution is 2.24. The monoisotopic (exact) mass is 254 g/mol. The number of carbonyl (C=O) groups is 1. The van der Waals surface area contributed by atoms with E-state index in [2.05, 4.69) is 10.4 Å². The minimum absolute atomic E-state index is 0.128. The molecule has 2 rings (SSSR count). The van der Waals surface area contributed by atoms with Crippen LogP contribution in [0, 0.1) is 0 Å². The summed E-state index contributed by atoms with van der Waals surface area (Å²) < 4.78 is 6.76. The van der Waals surface area contributed by atoms with Gasteiger partial charge in [0.15, 0.2) is 5.69 Å². The first-order chi connectivity index (χ1) is 8.42. The molecule has 1 fully saturated rings. The van der Waals surface area contributed by atoms with Gasteiger partial charge in [0.1, 0.15) is 5.60 Å². The van der Waals surface area contributed by atoms with Gasteiger partial charge >= 0.3 is 0 Å². The topological polar surface area (TPSA) is 102 Å². The molecule has 7 heteroatoms. The van der Waals surface area contributed by atoms with E-state index < -0.39 is 5.60 Å². The third kappa shape index (κ3) is 2.32. The van der Waals surface area contributed by atoms with E-state index in [4.69, 9.17) is 10.5 Å². The summed E-state index contributed by atoms with van der Waals surface area (Å²) in [6.07, 6.45) is 1.77. The lowest BCUT2D eigenvalue weighted by Gasteiger charge is -2.25. The summed E-state index contributed by atoms with van der Waals surface area (Å²) in [5.41, 5.74) is 5.13. The van der Waals surface area contributed by atoms with Crippen LogP contribution in [0.25, 0.3) is 0 Å². The molecule has 1 aromatic heterocycles. The van der Waals surface area contributed by atoms with Gasteiger partial charge in [-0.1, -0.05) is 0 Å². The maximum Gasteiger partial charge on any atom is 0.274 e.